The maximum absolute atomic E-state index is 11.6. The Labute approximate surface area is 108 Å². The number of hydrogen-bond acceptors (Lipinski definition) is 1. The number of benzene rings is 1. The number of halogens is 1. The van der Waals surface area contributed by atoms with Gasteiger partial charge in [0.25, 0.3) is 0 Å². The number of carbonyl (C=O) groups excluding carboxylic acids is 1. The van der Waals surface area contributed by atoms with Crippen LogP contribution in [0.2, 0.25) is 5.02 Å². The molecule has 0 fully saturated rings. The Morgan fingerprint density at radius 1 is 1.24 bits per heavy atom. The molecular formula is C13H19ClN2O. The van der Waals surface area contributed by atoms with Gasteiger partial charge in [-0.2, -0.15) is 0 Å². The van der Waals surface area contributed by atoms with Gasteiger partial charge in [0.1, 0.15) is 0 Å². The molecule has 0 saturated carbocycles. The molecule has 0 bridgehead atoms. The Balaban J connectivity index is 2.37. The molecule has 3 nitrogen and oxygen atoms in total. The molecule has 0 aliphatic rings. The summed E-state index contributed by atoms with van der Waals surface area (Å²) in [5.74, 6) is 0.547. The Morgan fingerprint density at radius 3 is 2.35 bits per heavy atom. The highest BCUT2D eigenvalue weighted by Gasteiger charge is 2.06. The van der Waals surface area contributed by atoms with E-state index in [1.54, 1.807) is 24.3 Å². The van der Waals surface area contributed by atoms with Gasteiger partial charge in [-0.1, -0.05) is 38.3 Å². The molecule has 0 radical (unpaired) electrons. The SMILES string of the molecule is CCC(CC)CNC(=O)Nc1ccc(Cl)cc1. The molecule has 0 aliphatic heterocycles. The lowest BCUT2D eigenvalue weighted by Crippen LogP contribution is -2.32. The fourth-order valence-electron chi connectivity index (χ4n) is 1.52. The average molecular weight is 255 g/mol. The Hall–Kier alpha value is -1.22. The molecule has 0 spiro atoms. The topological polar surface area (TPSA) is 41.1 Å². The van der Waals surface area contributed by atoms with Crippen LogP contribution in [0, 0.1) is 5.92 Å². The van der Waals surface area contributed by atoms with Crippen molar-refractivity contribution in [2.24, 2.45) is 5.92 Å². The summed E-state index contributed by atoms with van der Waals surface area (Å²) in [6, 6.07) is 6.88. The lowest BCUT2D eigenvalue weighted by atomic mass is 10.0. The highest BCUT2D eigenvalue weighted by molar-refractivity contribution is 6.30. The van der Waals surface area contributed by atoms with Crippen LogP contribution in [-0.2, 0) is 0 Å². The van der Waals surface area contributed by atoms with Gasteiger partial charge in [-0.3, -0.25) is 0 Å². The van der Waals surface area contributed by atoms with Crippen LogP contribution in [0.3, 0.4) is 0 Å². The first-order chi connectivity index (χ1) is 8.15. The Bertz CT molecular complexity index is 347. The van der Waals surface area contributed by atoms with E-state index >= 15 is 0 Å². The van der Waals surface area contributed by atoms with Gasteiger partial charge >= 0.3 is 6.03 Å². The van der Waals surface area contributed by atoms with E-state index in [0.29, 0.717) is 17.5 Å². The van der Waals surface area contributed by atoms with Gasteiger partial charge in [0.05, 0.1) is 0 Å². The summed E-state index contributed by atoms with van der Waals surface area (Å²) in [6.07, 6.45) is 2.16. The van der Waals surface area contributed by atoms with Crippen LogP contribution in [-0.4, -0.2) is 12.6 Å². The molecule has 0 atom stereocenters. The van der Waals surface area contributed by atoms with Gasteiger partial charge < -0.3 is 10.6 Å². The fourth-order valence-corrected chi connectivity index (χ4v) is 1.65. The summed E-state index contributed by atoms with van der Waals surface area (Å²) in [4.78, 5) is 11.6. The number of anilines is 1. The predicted octanol–water partition coefficient (Wildman–Crippen LogP) is 3.90. The number of hydrogen-bond donors (Lipinski definition) is 2. The second-order valence-corrected chi connectivity index (χ2v) is 4.46. The summed E-state index contributed by atoms with van der Waals surface area (Å²) in [5.41, 5.74) is 0.747. The van der Waals surface area contributed by atoms with Gasteiger partial charge in [-0.15, -0.1) is 0 Å². The summed E-state index contributed by atoms with van der Waals surface area (Å²) in [6.45, 7) is 4.98. The van der Waals surface area contributed by atoms with Gasteiger partial charge in [0.15, 0.2) is 0 Å². The van der Waals surface area contributed by atoms with E-state index in [-0.39, 0.29) is 6.03 Å². The number of amides is 2. The lowest BCUT2D eigenvalue weighted by Gasteiger charge is -2.13. The van der Waals surface area contributed by atoms with Crippen LogP contribution in [0.25, 0.3) is 0 Å². The second kappa shape index (κ2) is 7.17. The van der Waals surface area contributed by atoms with Crippen molar-refractivity contribution >= 4 is 23.3 Å². The normalized spacial score (nSPS) is 10.4. The Kier molecular flexibility index (Phi) is 5.84. The van der Waals surface area contributed by atoms with Crippen LogP contribution in [0.1, 0.15) is 26.7 Å². The maximum Gasteiger partial charge on any atom is 0.319 e. The van der Waals surface area contributed by atoms with Crippen LogP contribution in [0.15, 0.2) is 24.3 Å². The zero-order valence-corrected chi connectivity index (χ0v) is 11.1. The third-order valence-corrected chi connectivity index (χ3v) is 3.06. The third-order valence-electron chi connectivity index (χ3n) is 2.81. The smallest absolute Gasteiger partial charge is 0.319 e. The predicted molar refractivity (Wildman–Crippen MR) is 72.5 cm³/mol. The first-order valence-corrected chi connectivity index (χ1v) is 6.33. The van der Waals surface area contributed by atoms with Crippen LogP contribution >= 0.6 is 11.6 Å². The lowest BCUT2D eigenvalue weighted by molar-refractivity contribution is 0.249. The number of nitrogens with one attached hydrogen (secondary N) is 2. The number of urea groups is 1. The zero-order valence-electron chi connectivity index (χ0n) is 10.3. The molecule has 0 heterocycles. The Morgan fingerprint density at radius 2 is 1.82 bits per heavy atom. The van der Waals surface area contributed by atoms with Crippen molar-refractivity contribution in [3.63, 3.8) is 0 Å². The minimum atomic E-state index is -0.167. The number of carbonyl (C=O) groups is 1. The van der Waals surface area contributed by atoms with E-state index in [4.69, 9.17) is 11.6 Å². The molecule has 17 heavy (non-hydrogen) atoms. The summed E-state index contributed by atoms with van der Waals surface area (Å²) in [7, 11) is 0. The fraction of sp³-hybridized carbons (Fsp3) is 0.462. The monoisotopic (exact) mass is 254 g/mol. The highest BCUT2D eigenvalue weighted by Crippen LogP contribution is 2.13. The van der Waals surface area contributed by atoms with Crippen LogP contribution < -0.4 is 10.6 Å². The second-order valence-electron chi connectivity index (χ2n) is 4.02. The molecule has 0 aliphatic carbocycles. The molecule has 2 N–H and O–H groups in total. The average Bonchev–Trinajstić information content (AvgIpc) is 2.33. The zero-order chi connectivity index (χ0) is 12.7. The summed E-state index contributed by atoms with van der Waals surface area (Å²) >= 11 is 5.76. The quantitative estimate of drug-likeness (QED) is 0.822. The van der Waals surface area contributed by atoms with Gasteiger partial charge in [-0.25, -0.2) is 4.79 Å². The molecule has 1 rings (SSSR count). The largest absolute Gasteiger partial charge is 0.338 e. The first kappa shape index (κ1) is 13.8. The van der Waals surface area contributed by atoms with Crippen molar-refractivity contribution in [1.82, 2.24) is 5.32 Å². The van der Waals surface area contributed by atoms with E-state index < -0.39 is 0 Å². The molecule has 1 aromatic rings. The molecule has 0 saturated heterocycles. The number of rotatable bonds is 5. The molecule has 0 aromatic heterocycles. The molecule has 4 heteroatoms. The van der Waals surface area contributed by atoms with Crippen LogP contribution in [0.5, 0.6) is 0 Å². The van der Waals surface area contributed by atoms with E-state index in [1.165, 1.54) is 0 Å². The summed E-state index contributed by atoms with van der Waals surface area (Å²) < 4.78 is 0. The summed E-state index contributed by atoms with van der Waals surface area (Å²) in [5, 5.41) is 6.29. The van der Waals surface area contributed by atoms with Crippen molar-refractivity contribution < 1.29 is 4.79 Å². The van der Waals surface area contributed by atoms with Crippen molar-refractivity contribution in [1.29, 1.82) is 0 Å². The standard InChI is InChI=1S/C13H19ClN2O/c1-3-10(4-2)9-15-13(17)16-12-7-5-11(14)6-8-12/h5-8,10H,3-4,9H2,1-2H3,(H2,15,16,17). The minimum Gasteiger partial charge on any atom is -0.338 e. The van der Waals surface area contributed by atoms with Crippen molar-refractivity contribution in [2.75, 3.05) is 11.9 Å². The third kappa shape index (κ3) is 5.09. The van der Waals surface area contributed by atoms with E-state index in [2.05, 4.69) is 24.5 Å². The maximum atomic E-state index is 11.6. The van der Waals surface area contributed by atoms with Crippen molar-refractivity contribution in [3.05, 3.63) is 29.3 Å². The molecule has 0 unspecified atom stereocenters. The molecule has 1 aromatic carbocycles. The van der Waals surface area contributed by atoms with Crippen molar-refractivity contribution in [2.45, 2.75) is 26.7 Å². The molecule has 94 valence electrons. The van der Waals surface area contributed by atoms with Gasteiger partial charge in [0, 0.05) is 17.3 Å². The molecular weight excluding hydrogens is 236 g/mol. The first-order valence-electron chi connectivity index (χ1n) is 5.96. The highest BCUT2D eigenvalue weighted by atomic mass is 35.5. The van der Waals surface area contributed by atoms with E-state index in [1.807, 2.05) is 0 Å². The van der Waals surface area contributed by atoms with Gasteiger partial charge in [-0.05, 0) is 30.2 Å². The van der Waals surface area contributed by atoms with Gasteiger partial charge in [0.2, 0.25) is 0 Å². The van der Waals surface area contributed by atoms with E-state index in [0.717, 1.165) is 18.5 Å². The minimum absolute atomic E-state index is 0.167. The van der Waals surface area contributed by atoms with E-state index in [9.17, 15) is 4.79 Å². The van der Waals surface area contributed by atoms with Crippen LogP contribution in [0.4, 0.5) is 10.5 Å². The molecule has 2 amide bonds. The van der Waals surface area contributed by atoms with Crippen molar-refractivity contribution in [3.8, 4) is 0 Å².